The van der Waals surface area contributed by atoms with Crippen LogP contribution in [0.2, 0.25) is 0 Å². The highest BCUT2D eigenvalue weighted by Crippen LogP contribution is 2.04. The number of benzene rings is 1. The quantitative estimate of drug-likeness (QED) is 0.540. The summed E-state index contributed by atoms with van der Waals surface area (Å²) in [6.45, 7) is 0.822. The number of carbonyl (C=O) groups is 1. The maximum Gasteiger partial charge on any atom is 0.226 e. The van der Waals surface area contributed by atoms with Gasteiger partial charge in [-0.2, -0.15) is 0 Å². The third-order valence-corrected chi connectivity index (χ3v) is 3.02. The van der Waals surface area contributed by atoms with Crippen LogP contribution in [0.3, 0.4) is 0 Å². The van der Waals surface area contributed by atoms with E-state index in [0.29, 0.717) is 12.3 Å². The zero-order valence-electron chi connectivity index (χ0n) is 10.4. The normalized spacial score (nSPS) is 10.2. The van der Waals surface area contributed by atoms with Crippen molar-refractivity contribution in [3.05, 3.63) is 35.9 Å². The molecule has 0 radical (unpaired) electrons. The van der Waals surface area contributed by atoms with Crippen molar-refractivity contribution in [2.45, 2.75) is 25.7 Å². The largest absolute Gasteiger partial charge is 0.345 e. The number of hydrogen-bond donors (Lipinski definition) is 0. The highest BCUT2D eigenvalue weighted by molar-refractivity contribution is 6.17. The van der Waals surface area contributed by atoms with Crippen LogP contribution in [0.4, 0.5) is 0 Å². The van der Waals surface area contributed by atoms with Gasteiger partial charge in [0.25, 0.3) is 0 Å². The van der Waals surface area contributed by atoms with Crippen molar-refractivity contribution in [2.24, 2.45) is 0 Å². The molecular weight excluding hydrogens is 234 g/mol. The number of halogens is 1. The smallest absolute Gasteiger partial charge is 0.226 e. The van der Waals surface area contributed by atoms with Crippen LogP contribution in [0.5, 0.6) is 0 Å². The second-order valence-corrected chi connectivity index (χ2v) is 4.61. The van der Waals surface area contributed by atoms with Crippen molar-refractivity contribution < 1.29 is 4.79 Å². The first-order chi connectivity index (χ1) is 8.24. The Bertz CT molecular complexity index is 326. The molecule has 1 rings (SSSR count). The Morgan fingerprint density at radius 1 is 1.18 bits per heavy atom. The highest BCUT2D eigenvalue weighted by atomic mass is 35.5. The Morgan fingerprint density at radius 2 is 1.88 bits per heavy atom. The van der Waals surface area contributed by atoms with Crippen molar-refractivity contribution in [3.8, 4) is 0 Å². The third-order valence-electron chi connectivity index (χ3n) is 2.75. The van der Waals surface area contributed by atoms with Gasteiger partial charge in [0.05, 0.1) is 6.42 Å². The van der Waals surface area contributed by atoms with Crippen LogP contribution in [0.25, 0.3) is 0 Å². The molecule has 0 aliphatic heterocycles. The number of alkyl halides is 1. The average Bonchev–Trinajstić information content (AvgIpc) is 2.35. The van der Waals surface area contributed by atoms with E-state index in [1.54, 1.807) is 4.90 Å². The van der Waals surface area contributed by atoms with Gasteiger partial charge < -0.3 is 4.90 Å². The van der Waals surface area contributed by atoms with Crippen molar-refractivity contribution >= 4 is 17.5 Å². The number of unbranched alkanes of at least 4 members (excludes halogenated alkanes) is 2. The summed E-state index contributed by atoms with van der Waals surface area (Å²) in [5.74, 6) is 0.892. The van der Waals surface area contributed by atoms with E-state index in [1.807, 2.05) is 37.4 Å². The van der Waals surface area contributed by atoms with Gasteiger partial charge in [-0.05, 0) is 18.4 Å². The lowest BCUT2D eigenvalue weighted by Gasteiger charge is -2.17. The standard InChI is InChI=1S/C14H20ClNO/c1-16(11-7-3-6-10-15)14(17)12-13-8-4-2-5-9-13/h2,4-5,8-9H,3,6-7,10-12H2,1H3. The van der Waals surface area contributed by atoms with Gasteiger partial charge in [-0.1, -0.05) is 36.8 Å². The van der Waals surface area contributed by atoms with Crippen molar-refractivity contribution in [2.75, 3.05) is 19.5 Å². The molecule has 0 aliphatic rings. The van der Waals surface area contributed by atoms with Crippen LogP contribution in [-0.2, 0) is 11.2 Å². The number of nitrogens with zero attached hydrogens (tertiary/aromatic N) is 1. The number of likely N-dealkylation sites (N-methyl/N-ethyl adjacent to an activating group) is 1. The zero-order valence-corrected chi connectivity index (χ0v) is 11.1. The molecule has 94 valence electrons. The van der Waals surface area contributed by atoms with Crippen LogP contribution in [-0.4, -0.2) is 30.3 Å². The number of rotatable bonds is 7. The third kappa shape index (κ3) is 5.73. The molecule has 1 amide bonds. The van der Waals surface area contributed by atoms with Crippen LogP contribution < -0.4 is 0 Å². The number of carbonyl (C=O) groups excluding carboxylic acids is 1. The molecule has 0 saturated heterocycles. The molecule has 0 saturated carbocycles. The summed E-state index contributed by atoms with van der Waals surface area (Å²) in [6.07, 6.45) is 3.64. The van der Waals surface area contributed by atoms with E-state index in [4.69, 9.17) is 11.6 Å². The maximum absolute atomic E-state index is 11.9. The summed E-state index contributed by atoms with van der Waals surface area (Å²) >= 11 is 5.61. The Balaban J connectivity index is 2.27. The molecule has 0 spiro atoms. The molecule has 0 aliphatic carbocycles. The minimum absolute atomic E-state index is 0.182. The summed E-state index contributed by atoms with van der Waals surface area (Å²) in [7, 11) is 1.87. The maximum atomic E-state index is 11.9. The summed E-state index contributed by atoms with van der Waals surface area (Å²) in [5, 5.41) is 0. The van der Waals surface area contributed by atoms with Crippen molar-refractivity contribution in [1.29, 1.82) is 0 Å². The Hall–Kier alpha value is -1.02. The summed E-state index contributed by atoms with van der Waals surface area (Å²) in [6, 6.07) is 9.86. The molecule has 0 aromatic heterocycles. The molecular formula is C14H20ClNO. The molecule has 0 fully saturated rings. The lowest BCUT2D eigenvalue weighted by molar-refractivity contribution is -0.129. The van der Waals surface area contributed by atoms with Crippen molar-refractivity contribution in [3.63, 3.8) is 0 Å². The van der Waals surface area contributed by atoms with E-state index in [2.05, 4.69) is 0 Å². The van der Waals surface area contributed by atoms with E-state index in [0.717, 1.165) is 31.4 Å². The first kappa shape index (κ1) is 14.0. The van der Waals surface area contributed by atoms with Gasteiger partial charge >= 0.3 is 0 Å². The molecule has 2 nitrogen and oxygen atoms in total. The first-order valence-electron chi connectivity index (χ1n) is 6.08. The van der Waals surface area contributed by atoms with Crippen LogP contribution >= 0.6 is 11.6 Å². The number of hydrogen-bond acceptors (Lipinski definition) is 1. The summed E-state index contributed by atoms with van der Waals surface area (Å²) in [5.41, 5.74) is 1.07. The fourth-order valence-electron chi connectivity index (χ4n) is 1.65. The number of amides is 1. The predicted octanol–water partition coefficient (Wildman–Crippen LogP) is 3.10. The Morgan fingerprint density at radius 3 is 2.53 bits per heavy atom. The minimum Gasteiger partial charge on any atom is -0.345 e. The molecule has 0 unspecified atom stereocenters. The van der Waals surface area contributed by atoms with Gasteiger partial charge in [-0.15, -0.1) is 11.6 Å². The van der Waals surface area contributed by atoms with E-state index in [1.165, 1.54) is 0 Å². The Labute approximate surface area is 109 Å². The molecule has 0 bridgehead atoms. The molecule has 1 aromatic carbocycles. The highest BCUT2D eigenvalue weighted by Gasteiger charge is 2.08. The Kier molecular flexibility index (Phi) is 6.71. The van der Waals surface area contributed by atoms with Gasteiger partial charge in [0.2, 0.25) is 5.91 Å². The topological polar surface area (TPSA) is 20.3 Å². The fourth-order valence-corrected chi connectivity index (χ4v) is 1.84. The van der Waals surface area contributed by atoms with Crippen molar-refractivity contribution in [1.82, 2.24) is 4.90 Å². The molecule has 17 heavy (non-hydrogen) atoms. The zero-order chi connectivity index (χ0) is 12.5. The predicted molar refractivity (Wildman–Crippen MR) is 72.4 cm³/mol. The van der Waals surface area contributed by atoms with E-state index in [9.17, 15) is 4.79 Å². The second-order valence-electron chi connectivity index (χ2n) is 4.23. The lowest BCUT2D eigenvalue weighted by Crippen LogP contribution is -2.29. The molecule has 1 aromatic rings. The summed E-state index contributed by atoms with van der Waals surface area (Å²) < 4.78 is 0. The van der Waals surface area contributed by atoms with E-state index < -0.39 is 0 Å². The fraction of sp³-hybridized carbons (Fsp3) is 0.500. The van der Waals surface area contributed by atoms with Gasteiger partial charge in [0.1, 0.15) is 0 Å². The van der Waals surface area contributed by atoms with Gasteiger partial charge in [-0.25, -0.2) is 0 Å². The molecule has 3 heteroatoms. The molecule has 0 atom stereocenters. The molecule has 0 N–H and O–H groups in total. The monoisotopic (exact) mass is 253 g/mol. The second kappa shape index (κ2) is 8.13. The van der Waals surface area contributed by atoms with Gasteiger partial charge in [0, 0.05) is 19.5 Å². The first-order valence-corrected chi connectivity index (χ1v) is 6.61. The van der Waals surface area contributed by atoms with Gasteiger partial charge in [-0.3, -0.25) is 4.79 Å². The van der Waals surface area contributed by atoms with Gasteiger partial charge in [0.15, 0.2) is 0 Å². The van der Waals surface area contributed by atoms with E-state index >= 15 is 0 Å². The van der Waals surface area contributed by atoms with E-state index in [-0.39, 0.29) is 5.91 Å². The molecule has 0 heterocycles. The summed E-state index contributed by atoms with van der Waals surface area (Å²) in [4.78, 5) is 13.7. The van der Waals surface area contributed by atoms with Crippen LogP contribution in [0, 0.1) is 0 Å². The SMILES string of the molecule is CN(CCCCCCl)C(=O)Cc1ccccc1. The van der Waals surface area contributed by atoms with Crippen LogP contribution in [0.1, 0.15) is 24.8 Å². The average molecular weight is 254 g/mol. The lowest BCUT2D eigenvalue weighted by atomic mass is 10.1. The minimum atomic E-state index is 0.182. The van der Waals surface area contributed by atoms with Crippen LogP contribution in [0.15, 0.2) is 30.3 Å².